The van der Waals surface area contributed by atoms with Crippen LogP contribution in [0.5, 0.6) is 5.75 Å². The minimum Gasteiger partial charge on any atom is -0.481 e. The highest BCUT2D eigenvalue weighted by Crippen LogP contribution is 2.21. The molecule has 162 valence electrons. The van der Waals surface area contributed by atoms with Gasteiger partial charge in [-0.1, -0.05) is 48.0 Å². The van der Waals surface area contributed by atoms with Crippen LogP contribution in [0.25, 0.3) is 10.8 Å². The zero-order valence-electron chi connectivity index (χ0n) is 17.3. The van der Waals surface area contributed by atoms with E-state index in [1.165, 1.54) is 12.1 Å². The number of benzene rings is 3. The molecule has 3 aromatic carbocycles. The Morgan fingerprint density at radius 1 is 0.935 bits per heavy atom. The molecule has 1 atom stereocenters. The van der Waals surface area contributed by atoms with Crippen LogP contribution in [0, 0.1) is 6.92 Å². The second-order valence-electron chi connectivity index (χ2n) is 7.19. The van der Waals surface area contributed by atoms with E-state index in [0.29, 0.717) is 5.75 Å². The van der Waals surface area contributed by atoms with Crippen LogP contribution in [0.1, 0.15) is 18.9 Å². The van der Waals surface area contributed by atoms with Gasteiger partial charge in [0.05, 0.1) is 10.6 Å². The van der Waals surface area contributed by atoms with E-state index in [1.54, 1.807) is 25.1 Å². The largest absolute Gasteiger partial charge is 0.481 e. The van der Waals surface area contributed by atoms with Crippen molar-refractivity contribution in [2.24, 2.45) is 0 Å². The summed E-state index contributed by atoms with van der Waals surface area (Å²) in [4.78, 5) is 24.3. The molecule has 0 aliphatic carbocycles. The highest BCUT2D eigenvalue weighted by Gasteiger charge is 2.18. The van der Waals surface area contributed by atoms with Gasteiger partial charge in [-0.05, 0) is 48.9 Å². The number of ether oxygens (including phenoxy) is 1. The van der Waals surface area contributed by atoms with Crippen molar-refractivity contribution in [3.63, 3.8) is 0 Å². The van der Waals surface area contributed by atoms with Crippen molar-refractivity contribution in [3.05, 3.63) is 72.3 Å². The Bertz CT molecular complexity index is 1190. The smallest absolute Gasteiger partial charge is 0.279 e. The summed E-state index contributed by atoms with van der Waals surface area (Å²) in [5.74, 6) is -0.998. The average Bonchev–Trinajstić information content (AvgIpc) is 2.76. The summed E-state index contributed by atoms with van der Waals surface area (Å²) in [5, 5.41) is 2.04. The highest BCUT2D eigenvalue weighted by atomic mass is 32.2. The molecule has 3 rings (SSSR count). The Hall–Kier alpha value is -3.39. The van der Waals surface area contributed by atoms with Gasteiger partial charge in [0.1, 0.15) is 5.75 Å². The van der Waals surface area contributed by atoms with Crippen molar-refractivity contribution in [3.8, 4) is 5.75 Å². The maximum atomic E-state index is 12.3. The van der Waals surface area contributed by atoms with E-state index < -0.39 is 27.8 Å². The summed E-state index contributed by atoms with van der Waals surface area (Å²) < 4.78 is 30.2. The molecule has 0 spiro atoms. The van der Waals surface area contributed by atoms with Crippen LogP contribution < -0.4 is 15.6 Å². The van der Waals surface area contributed by atoms with Crippen LogP contribution in [-0.2, 0) is 19.4 Å². The van der Waals surface area contributed by atoms with Gasteiger partial charge in [-0.3, -0.25) is 20.4 Å². The third-order valence-corrected chi connectivity index (χ3v) is 6.44. The molecule has 2 amide bonds. The van der Waals surface area contributed by atoms with E-state index >= 15 is 0 Å². The number of carbonyl (C=O) groups is 2. The SMILES string of the molecule is Cc1ccc(S(=O)(=O)CCC(=O)NNC(=O)C(C)Oc2ccc3ccccc3c2)cc1. The summed E-state index contributed by atoms with van der Waals surface area (Å²) >= 11 is 0. The second-order valence-corrected chi connectivity index (χ2v) is 9.30. The van der Waals surface area contributed by atoms with Crippen LogP contribution in [0.4, 0.5) is 0 Å². The molecule has 0 saturated carbocycles. The van der Waals surface area contributed by atoms with Gasteiger partial charge in [-0.2, -0.15) is 0 Å². The topological polar surface area (TPSA) is 102 Å². The van der Waals surface area contributed by atoms with E-state index in [0.717, 1.165) is 16.3 Å². The predicted molar refractivity (Wildman–Crippen MR) is 118 cm³/mol. The third kappa shape index (κ3) is 6.05. The Morgan fingerprint density at radius 3 is 2.32 bits per heavy atom. The van der Waals surface area contributed by atoms with E-state index in [2.05, 4.69) is 10.9 Å². The lowest BCUT2D eigenvalue weighted by molar-refractivity contribution is -0.132. The molecule has 7 nitrogen and oxygen atoms in total. The predicted octanol–water partition coefficient (Wildman–Crippen LogP) is 2.93. The monoisotopic (exact) mass is 440 g/mol. The number of fused-ring (bicyclic) bond motifs is 1. The number of hydrogen-bond acceptors (Lipinski definition) is 5. The van der Waals surface area contributed by atoms with Crippen molar-refractivity contribution in [1.29, 1.82) is 0 Å². The van der Waals surface area contributed by atoms with Gasteiger partial charge in [-0.15, -0.1) is 0 Å². The van der Waals surface area contributed by atoms with E-state index in [-0.39, 0.29) is 17.1 Å². The zero-order chi connectivity index (χ0) is 22.4. The van der Waals surface area contributed by atoms with Gasteiger partial charge < -0.3 is 4.74 Å². The Kier molecular flexibility index (Phi) is 6.91. The van der Waals surface area contributed by atoms with Crippen LogP contribution in [0.3, 0.4) is 0 Å². The minimum absolute atomic E-state index is 0.160. The minimum atomic E-state index is -3.58. The molecule has 1 unspecified atom stereocenters. The van der Waals surface area contributed by atoms with Crippen LogP contribution >= 0.6 is 0 Å². The number of aryl methyl sites for hydroxylation is 1. The van der Waals surface area contributed by atoms with Crippen molar-refractivity contribution in [2.45, 2.75) is 31.3 Å². The second kappa shape index (κ2) is 9.61. The number of hydrazine groups is 1. The van der Waals surface area contributed by atoms with Crippen molar-refractivity contribution < 1.29 is 22.7 Å². The Labute approximate surface area is 181 Å². The molecule has 0 heterocycles. The fraction of sp³-hybridized carbons (Fsp3) is 0.217. The molecule has 0 bridgehead atoms. The number of amides is 2. The molecule has 31 heavy (non-hydrogen) atoms. The Balaban J connectivity index is 1.47. The molecule has 0 saturated heterocycles. The maximum Gasteiger partial charge on any atom is 0.279 e. The zero-order valence-corrected chi connectivity index (χ0v) is 18.1. The lowest BCUT2D eigenvalue weighted by atomic mass is 10.1. The van der Waals surface area contributed by atoms with Crippen molar-refractivity contribution in [1.82, 2.24) is 10.9 Å². The van der Waals surface area contributed by atoms with Gasteiger partial charge in [0.15, 0.2) is 15.9 Å². The number of rotatable bonds is 7. The lowest BCUT2D eigenvalue weighted by Gasteiger charge is -2.15. The number of hydrogen-bond donors (Lipinski definition) is 2. The van der Waals surface area contributed by atoms with Crippen LogP contribution in [-0.4, -0.2) is 32.1 Å². The van der Waals surface area contributed by atoms with Crippen molar-refractivity contribution in [2.75, 3.05) is 5.75 Å². The average molecular weight is 441 g/mol. The molecule has 0 aliphatic heterocycles. The quantitative estimate of drug-likeness (QED) is 0.550. The normalized spacial score (nSPS) is 12.2. The first-order chi connectivity index (χ1) is 14.7. The van der Waals surface area contributed by atoms with Crippen LogP contribution in [0.2, 0.25) is 0 Å². The Morgan fingerprint density at radius 2 is 1.61 bits per heavy atom. The summed E-state index contributed by atoms with van der Waals surface area (Å²) in [6.45, 7) is 3.41. The fourth-order valence-corrected chi connectivity index (χ4v) is 4.12. The fourth-order valence-electron chi connectivity index (χ4n) is 2.88. The molecule has 0 fully saturated rings. The molecule has 2 N–H and O–H groups in total. The molecule has 8 heteroatoms. The maximum absolute atomic E-state index is 12.3. The van der Waals surface area contributed by atoms with E-state index in [4.69, 9.17) is 4.74 Å². The molecular weight excluding hydrogens is 416 g/mol. The van der Waals surface area contributed by atoms with E-state index in [1.807, 2.05) is 43.3 Å². The van der Waals surface area contributed by atoms with Gasteiger partial charge in [0.25, 0.3) is 5.91 Å². The molecule has 0 radical (unpaired) electrons. The summed E-state index contributed by atoms with van der Waals surface area (Å²) in [6, 6.07) is 19.7. The third-order valence-electron chi connectivity index (χ3n) is 4.71. The molecule has 0 aliphatic rings. The van der Waals surface area contributed by atoms with Crippen molar-refractivity contribution >= 4 is 32.4 Å². The van der Waals surface area contributed by atoms with Gasteiger partial charge in [0, 0.05) is 6.42 Å². The standard InChI is InChI=1S/C23H24N2O5S/c1-16-7-11-21(12-8-16)31(28,29)14-13-22(26)24-25-23(27)17(2)30-20-10-9-18-5-3-4-6-19(18)15-20/h3-12,15,17H,13-14H2,1-2H3,(H,24,26)(H,25,27). The first kappa shape index (κ1) is 22.3. The first-order valence-electron chi connectivity index (χ1n) is 9.78. The first-order valence-corrected chi connectivity index (χ1v) is 11.4. The number of nitrogens with one attached hydrogen (secondary N) is 2. The summed E-state index contributed by atoms with van der Waals surface area (Å²) in [7, 11) is -3.58. The molecule has 0 aromatic heterocycles. The van der Waals surface area contributed by atoms with E-state index in [9.17, 15) is 18.0 Å². The van der Waals surface area contributed by atoms with Gasteiger partial charge in [-0.25, -0.2) is 8.42 Å². The lowest BCUT2D eigenvalue weighted by Crippen LogP contribution is -2.47. The van der Waals surface area contributed by atoms with Gasteiger partial charge >= 0.3 is 0 Å². The highest BCUT2D eigenvalue weighted by molar-refractivity contribution is 7.91. The number of carbonyl (C=O) groups excluding carboxylic acids is 2. The van der Waals surface area contributed by atoms with Crippen LogP contribution in [0.15, 0.2) is 71.6 Å². The molecule has 3 aromatic rings. The summed E-state index contributed by atoms with van der Waals surface area (Å²) in [6.07, 6.45) is -1.14. The van der Waals surface area contributed by atoms with Gasteiger partial charge in [0.2, 0.25) is 5.91 Å². The number of sulfone groups is 1. The summed E-state index contributed by atoms with van der Waals surface area (Å²) in [5.41, 5.74) is 5.44. The molecular formula is C23H24N2O5S.